The molecule has 1 aromatic carbocycles. The summed E-state index contributed by atoms with van der Waals surface area (Å²) >= 11 is 1.63. The molecule has 3 rings (SSSR count). The number of carbonyl (C=O) groups excluding carboxylic acids is 1. The van der Waals surface area contributed by atoms with Crippen LogP contribution in [-0.4, -0.2) is 13.0 Å². The molecule has 0 unspecified atom stereocenters. The third-order valence-corrected chi connectivity index (χ3v) is 4.79. The molecule has 1 aliphatic rings. The lowest BCUT2D eigenvalue weighted by Gasteiger charge is -2.26. The van der Waals surface area contributed by atoms with E-state index < -0.39 is 0 Å². The Kier molecular flexibility index (Phi) is 4.25. The molecule has 0 aliphatic heterocycles. The predicted molar refractivity (Wildman–Crippen MR) is 84.8 cm³/mol. The van der Waals surface area contributed by atoms with Gasteiger partial charge in [-0.2, -0.15) is 0 Å². The van der Waals surface area contributed by atoms with Crippen molar-refractivity contribution in [1.29, 1.82) is 0 Å². The molecular formula is C17H19NO2S. The fourth-order valence-corrected chi connectivity index (χ4v) is 3.59. The van der Waals surface area contributed by atoms with E-state index in [0.29, 0.717) is 6.42 Å². The van der Waals surface area contributed by atoms with Crippen molar-refractivity contribution in [3.05, 3.63) is 51.7 Å². The van der Waals surface area contributed by atoms with E-state index in [1.54, 1.807) is 18.4 Å². The summed E-state index contributed by atoms with van der Waals surface area (Å²) in [5, 5.41) is 5.18. The average molecular weight is 301 g/mol. The van der Waals surface area contributed by atoms with Gasteiger partial charge in [-0.3, -0.25) is 4.79 Å². The van der Waals surface area contributed by atoms with Crippen LogP contribution in [0.15, 0.2) is 35.7 Å². The third-order valence-electron chi connectivity index (χ3n) is 3.91. The first kappa shape index (κ1) is 14.1. The van der Waals surface area contributed by atoms with Crippen LogP contribution in [0.3, 0.4) is 0 Å². The molecule has 0 saturated carbocycles. The Balaban J connectivity index is 1.71. The summed E-state index contributed by atoms with van der Waals surface area (Å²) in [6.07, 6.45) is 3.64. The molecule has 1 amide bonds. The smallest absolute Gasteiger partial charge is 0.225 e. The van der Waals surface area contributed by atoms with Gasteiger partial charge in [0, 0.05) is 4.88 Å². The van der Waals surface area contributed by atoms with Crippen LogP contribution in [0.1, 0.15) is 34.9 Å². The van der Waals surface area contributed by atoms with Gasteiger partial charge in [0.2, 0.25) is 5.91 Å². The Bertz CT molecular complexity index is 622. The molecule has 21 heavy (non-hydrogen) atoms. The van der Waals surface area contributed by atoms with E-state index in [-0.39, 0.29) is 11.9 Å². The van der Waals surface area contributed by atoms with Crippen molar-refractivity contribution >= 4 is 17.2 Å². The number of hydrogen-bond acceptors (Lipinski definition) is 3. The minimum Gasteiger partial charge on any atom is -0.497 e. The standard InChI is InChI=1S/C17H19NO2S/c1-20-13-7-8-15-12(10-13)4-2-6-16(15)18-17(19)11-14-5-3-9-21-14/h3,5,7-10,16H,2,4,6,11H2,1H3,(H,18,19)/t16-/m0/s1. The molecular weight excluding hydrogens is 282 g/mol. The van der Waals surface area contributed by atoms with E-state index in [1.807, 2.05) is 23.6 Å². The highest BCUT2D eigenvalue weighted by atomic mass is 32.1. The molecule has 2 aromatic rings. The summed E-state index contributed by atoms with van der Waals surface area (Å²) in [5.74, 6) is 0.991. The molecule has 0 bridgehead atoms. The van der Waals surface area contributed by atoms with Crippen molar-refractivity contribution < 1.29 is 9.53 Å². The fraction of sp³-hybridized carbons (Fsp3) is 0.353. The van der Waals surface area contributed by atoms with E-state index in [9.17, 15) is 4.79 Å². The Morgan fingerprint density at radius 3 is 3.10 bits per heavy atom. The lowest BCUT2D eigenvalue weighted by molar-refractivity contribution is -0.121. The molecule has 4 heteroatoms. The SMILES string of the molecule is COc1ccc2c(c1)CCC[C@@H]2NC(=O)Cc1cccs1. The van der Waals surface area contributed by atoms with Gasteiger partial charge in [-0.05, 0) is 54.0 Å². The lowest BCUT2D eigenvalue weighted by atomic mass is 9.87. The second kappa shape index (κ2) is 6.31. The first-order valence-corrected chi connectivity index (χ1v) is 8.13. The van der Waals surface area contributed by atoms with E-state index in [4.69, 9.17) is 4.74 Å². The number of methoxy groups -OCH3 is 1. The van der Waals surface area contributed by atoms with Gasteiger partial charge in [0.25, 0.3) is 0 Å². The topological polar surface area (TPSA) is 38.3 Å². The number of amides is 1. The van der Waals surface area contributed by atoms with Gasteiger partial charge >= 0.3 is 0 Å². The van der Waals surface area contributed by atoms with Crippen molar-refractivity contribution in [3.8, 4) is 5.75 Å². The Morgan fingerprint density at radius 2 is 2.33 bits per heavy atom. The minimum atomic E-state index is 0.103. The zero-order valence-corrected chi connectivity index (χ0v) is 12.9. The molecule has 3 nitrogen and oxygen atoms in total. The molecule has 1 aromatic heterocycles. The van der Waals surface area contributed by atoms with Gasteiger partial charge in [-0.15, -0.1) is 11.3 Å². The maximum atomic E-state index is 12.2. The summed E-state index contributed by atoms with van der Waals surface area (Å²) in [4.78, 5) is 13.3. The van der Waals surface area contributed by atoms with Gasteiger partial charge in [0.15, 0.2) is 0 Å². The summed E-state index contributed by atoms with van der Waals surface area (Å²) in [6, 6.07) is 10.3. The minimum absolute atomic E-state index is 0.103. The third kappa shape index (κ3) is 3.27. The molecule has 0 fully saturated rings. The number of hydrogen-bond donors (Lipinski definition) is 1. The number of benzene rings is 1. The van der Waals surface area contributed by atoms with E-state index >= 15 is 0 Å². The van der Waals surface area contributed by atoms with E-state index in [1.165, 1.54) is 11.1 Å². The van der Waals surface area contributed by atoms with Crippen LogP contribution in [0.2, 0.25) is 0 Å². The van der Waals surface area contributed by atoms with Crippen LogP contribution in [0.4, 0.5) is 0 Å². The second-order valence-corrected chi connectivity index (χ2v) is 6.37. The predicted octanol–water partition coefficient (Wildman–Crippen LogP) is 3.49. The van der Waals surface area contributed by atoms with Crippen LogP contribution >= 0.6 is 11.3 Å². The van der Waals surface area contributed by atoms with E-state index in [0.717, 1.165) is 29.9 Å². The maximum absolute atomic E-state index is 12.2. The van der Waals surface area contributed by atoms with Crippen molar-refractivity contribution in [3.63, 3.8) is 0 Å². The number of aryl methyl sites for hydroxylation is 1. The van der Waals surface area contributed by atoms with Gasteiger partial charge in [0.05, 0.1) is 19.6 Å². The van der Waals surface area contributed by atoms with Crippen LogP contribution in [0, 0.1) is 0 Å². The van der Waals surface area contributed by atoms with Gasteiger partial charge in [0.1, 0.15) is 5.75 Å². The zero-order chi connectivity index (χ0) is 14.7. The van der Waals surface area contributed by atoms with Crippen LogP contribution in [-0.2, 0) is 17.6 Å². The van der Waals surface area contributed by atoms with Gasteiger partial charge in [-0.1, -0.05) is 12.1 Å². The first-order valence-electron chi connectivity index (χ1n) is 7.25. The van der Waals surface area contributed by atoms with Crippen molar-refractivity contribution in [2.24, 2.45) is 0 Å². The van der Waals surface area contributed by atoms with Gasteiger partial charge in [-0.25, -0.2) is 0 Å². The Labute approximate surface area is 129 Å². The molecule has 1 aliphatic carbocycles. The fourth-order valence-electron chi connectivity index (χ4n) is 2.88. The van der Waals surface area contributed by atoms with Crippen LogP contribution in [0.25, 0.3) is 0 Å². The Morgan fingerprint density at radius 1 is 1.43 bits per heavy atom. The number of ether oxygens (including phenoxy) is 1. The summed E-state index contributed by atoms with van der Waals surface area (Å²) in [7, 11) is 1.69. The second-order valence-electron chi connectivity index (χ2n) is 5.33. The summed E-state index contributed by atoms with van der Waals surface area (Å²) in [5.41, 5.74) is 2.53. The molecule has 0 spiro atoms. The van der Waals surface area contributed by atoms with Crippen LogP contribution in [0.5, 0.6) is 5.75 Å². The zero-order valence-electron chi connectivity index (χ0n) is 12.1. The highest BCUT2D eigenvalue weighted by molar-refractivity contribution is 7.10. The highest BCUT2D eigenvalue weighted by Gasteiger charge is 2.22. The molecule has 110 valence electrons. The normalized spacial score (nSPS) is 17.1. The Hall–Kier alpha value is -1.81. The number of rotatable bonds is 4. The molecule has 1 atom stereocenters. The molecule has 0 saturated heterocycles. The monoisotopic (exact) mass is 301 g/mol. The van der Waals surface area contributed by atoms with E-state index in [2.05, 4.69) is 17.4 Å². The maximum Gasteiger partial charge on any atom is 0.225 e. The molecule has 1 N–H and O–H groups in total. The summed E-state index contributed by atoms with van der Waals surface area (Å²) in [6.45, 7) is 0. The number of thiophene rings is 1. The summed E-state index contributed by atoms with van der Waals surface area (Å²) < 4.78 is 5.28. The number of nitrogens with one attached hydrogen (secondary N) is 1. The lowest BCUT2D eigenvalue weighted by Crippen LogP contribution is -2.31. The number of carbonyl (C=O) groups is 1. The number of fused-ring (bicyclic) bond motifs is 1. The highest BCUT2D eigenvalue weighted by Crippen LogP contribution is 2.32. The van der Waals surface area contributed by atoms with Gasteiger partial charge < -0.3 is 10.1 Å². The largest absolute Gasteiger partial charge is 0.497 e. The first-order chi connectivity index (χ1) is 10.3. The van der Waals surface area contributed by atoms with Crippen molar-refractivity contribution in [2.75, 3.05) is 7.11 Å². The molecule has 1 heterocycles. The van der Waals surface area contributed by atoms with Crippen LogP contribution < -0.4 is 10.1 Å². The average Bonchev–Trinajstić information content (AvgIpc) is 2.99. The quantitative estimate of drug-likeness (QED) is 0.938. The van der Waals surface area contributed by atoms with Crippen molar-refractivity contribution in [2.45, 2.75) is 31.7 Å². The molecule has 0 radical (unpaired) electrons. The van der Waals surface area contributed by atoms with Crippen molar-refractivity contribution in [1.82, 2.24) is 5.32 Å².